The molecule has 0 radical (unpaired) electrons. The third kappa shape index (κ3) is 3.64. The fourth-order valence-electron chi connectivity index (χ4n) is 1.88. The lowest BCUT2D eigenvalue weighted by atomic mass is 9.94. The monoisotopic (exact) mass is 368 g/mol. The highest BCUT2D eigenvalue weighted by Gasteiger charge is 2.11. The smallest absolute Gasteiger partial charge is 0.0413 e. The molecule has 1 atom stereocenters. The normalized spacial score (nSPS) is 12.4. The highest BCUT2D eigenvalue weighted by molar-refractivity contribution is 9.10. The van der Waals surface area contributed by atoms with E-state index < -0.39 is 0 Å². The molecular weight excluding hydrogens is 356 g/mol. The van der Waals surface area contributed by atoms with Gasteiger partial charge in [0.1, 0.15) is 0 Å². The minimum absolute atomic E-state index is 0.302. The van der Waals surface area contributed by atoms with Gasteiger partial charge in [-0.2, -0.15) is 0 Å². The molecule has 4 heteroatoms. The Hall–Kier alpha value is -0.710. The summed E-state index contributed by atoms with van der Waals surface area (Å²) in [5.74, 6) is 0.302. The number of nitrogens with zero attached hydrogens (tertiary/aromatic N) is 1. The number of rotatable bonds is 4. The number of aromatic nitrogens is 1. The Balaban J connectivity index is 2.17. The number of pyridine rings is 1. The van der Waals surface area contributed by atoms with E-state index in [9.17, 15) is 0 Å². The molecular formula is C14H14Br2N2. The first kappa shape index (κ1) is 13.7. The second-order valence-corrected chi connectivity index (χ2v) is 5.99. The summed E-state index contributed by atoms with van der Waals surface area (Å²) >= 11 is 6.88. The van der Waals surface area contributed by atoms with Gasteiger partial charge in [-0.1, -0.05) is 28.1 Å². The number of benzene rings is 1. The molecule has 2 nitrogen and oxygen atoms in total. The number of halogens is 2. The average Bonchev–Trinajstić information content (AvgIpc) is 2.38. The predicted molar refractivity (Wildman–Crippen MR) is 81.6 cm³/mol. The summed E-state index contributed by atoms with van der Waals surface area (Å²) in [7, 11) is 0. The first-order valence-corrected chi connectivity index (χ1v) is 7.33. The third-order valence-corrected chi connectivity index (χ3v) is 3.81. The number of hydrogen-bond acceptors (Lipinski definition) is 2. The van der Waals surface area contributed by atoms with E-state index in [1.54, 1.807) is 0 Å². The molecule has 0 saturated carbocycles. The highest BCUT2D eigenvalue weighted by atomic mass is 79.9. The summed E-state index contributed by atoms with van der Waals surface area (Å²) in [5.41, 5.74) is 8.19. The van der Waals surface area contributed by atoms with E-state index in [0.717, 1.165) is 21.1 Å². The van der Waals surface area contributed by atoms with E-state index in [1.165, 1.54) is 5.56 Å². The molecule has 0 aliphatic carbocycles. The zero-order valence-electron chi connectivity index (χ0n) is 9.81. The minimum atomic E-state index is 0.302. The van der Waals surface area contributed by atoms with Gasteiger partial charge in [-0.15, -0.1) is 0 Å². The maximum absolute atomic E-state index is 5.88. The topological polar surface area (TPSA) is 38.9 Å². The molecule has 0 bridgehead atoms. The molecule has 0 saturated heterocycles. The van der Waals surface area contributed by atoms with Crippen molar-refractivity contribution in [1.29, 1.82) is 0 Å². The van der Waals surface area contributed by atoms with Crippen LogP contribution in [0.3, 0.4) is 0 Å². The van der Waals surface area contributed by atoms with Crippen molar-refractivity contribution in [2.75, 3.05) is 6.54 Å². The molecule has 0 amide bonds. The van der Waals surface area contributed by atoms with Crippen molar-refractivity contribution in [3.8, 4) is 0 Å². The molecule has 0 aliphatic rings. The van der Waals surface area contributed by atoms with Crippen LogP contribution in [-0.4, -0.2) is 11.5 Å². The first-order valence-electron chi connectivity index (χ1n) is 5.75. The van der Waals surface area contributed by atoms with Crippen molar-refractivity contribution in [3.05, 3.63) is 62.8 Å². The van der Waals surface area contributed by atoms with Crippen molar-refractivity contribution in [2.24, 2.45) is 5.73 Å². The van der Waals surface area contributed by atoms with Gasteiger partial charge in [-0.25, -0.2) is 0 Å². The van der Waals surface area contributed by atoms with Crippen molar-refractivity contribution in [1.82, 2.24) is 4.98 Å². The van der Waals surface area contributed by atoms with Gasteiger partial charge >= 0.3 is 0 Å². The largest absolute Gasteiger partial charge is 0.330 e. The maximum atomic E-state index is 5.88. The van der Waals surface area contributed by atoms with Crippen LogP contribution in [-0.2, 0) is 6.42 Å². The van der Waals surface area contributed by atoms with E-state index >= 15 is 0 Å². The molecule has 94 valence electrons. The minimum Gasteiger partial charge on any atom is -0.330 e. The van der Waals surface area contributed by atoms with Gasteiger partial charge in [0.05, 0.1) is 0 Å². The van der Waals surface area contributed by atoms with Gasteiger partial charge in [0.15, 0.2) is 0 Å². The SMILES string of the molecule is NCC(Cc1ccc(Br)cn1)c1cccc(Br)c1. The van der Waals surface area contributed by atoms with Gasteiger partial charge in [-0.3, -0.25) is 4.98 Å². The predicted octanol–water partition coefficient (Wildman–Crippen LogP) is 3.89. The molecule has 18 heavy (non-hydrogen) atoms. The van der Waals surface area contributed by atoms with Crippen LogP contribution < -0.4 is 5.73 Å². The Morgan fingerprint density at radius 3 is 2.56 bits per heavy atom. The second kappa shape index (κ2) is 6.45. The maximum Gasteiger partial charge on any atom is 0.0413 e. The van der Waals surface area contributed by atoms with Gasteiger partial charge in [0, 0.05) is 26.8 Å². The van der Waals surface area contributed by atoms with Crippen LogP contribution in [0.4, 0.5) is 0 Å². The van der Waals surface area contributed by atoms with Crippen LogP contribution in [0.5, 0.6) is 0 Å². The fraction of sp³-hybridized carbons (Fsp3) is 0.214. The van der Waals surface area contributed by atoms with Crippen LogP contribution >= 0.6 is 31.9 Å². The summed E-state index contributed by atoms with van der Waals surface area (Å²) in [6.07, 6.45) is 2.68. The zero-order valence-corrected chi connectivity index (χ0v) is 13.0. The van der Waals surface area contributed by atoms with Crippen LogP contribution in [0.25, 0.3) is 0 Å². The van der Waals surface area contributed by atoms with Gasteiger partial charge in [0.2, 0.25) is 0 Å². The molecule has 2 N–H and O–H groups in total. The van der Waals surface area contributed by atoms with E-state index in [1.807, 2.05) is 30.5 Å². The Labute approximate surface area is 124 Å². The van der Waals surface area contributed by atoms with Gasteiger partial charge in [0.25, 0.3) is 0 Å². The molecule has 0 fully saturated rings. The Bertz CT molecular complexity index is 511. The molecule has 1 aromatic carbocycles. The number of nitrogens with two attached hydrogens (primary N) is 1. The van der Waals surface area contributed by atoms with Gasteiger partial charge in [-0.05, 0) is 58.7 Å². The molecule has 1 aromatic heterocycles. The Kier molecular flexibility index (Phi) is 4.92. The van der Waals surface area contributed by atoms with Crippen molar-refractivity contribution in [3.63, 3.8) is 0 Å². The highest BCUT2D eigenvalue weighted by Crippen LogP contribution is 2.22. The molecule has 1 unspecified atom stereocenters. The van der Waals surface area contributed by atoms with Gasteiger partial charge < -0.3 is 5.73 Å². The summed E-state index contributed by atoms with van der Waals surface area (Å²) in [4.78, 5) is 4.40. The number of hydrogen-bond donors (Lipinski definition) is 1. The lowest BCUT2D eigenvalue weighted by molar-refractivity contribution is 0.681. The lowest BCUT2D eigenvalue weighted by Crippen LogP contribution is -2.15. The van der Waals surface area contributed by atoms with Crippen LogP contribution in [0.1, 0.15) is 17.2 Å². The Morgan fingerprint density at radius 2 is 1.94 bits per heavy atom. The third-order valence-electron chi connectivity index (χ3n) is 2.85. The average molecular weight is 370 g/mol. The van der Waals surface area contributed by atoms with E-state index in [0.29, 0.717) is 12.5 Å². The fourth-order valence-corrected chi connectivity index (χ4v) is 2.53. The van der Waals surface area contributed by atoms with Crippen molar-refractivity contribution in [2.45, 2.75) is 12.3 Å². The summed E-state index contributed by atoms with van der Waals surface area (Å²) in [6, 6.07) is 12.3. The van der Waals surface area contributed by atoms with Crippen molar-refractivity contribution < 1.29 is 0 Å². The van der Waals surface area contributed by atoms with E-state index in [2.05, 4.69) is 49.0 Å². The molecule has 0 aliphatic heterocycles. The summed E-state index contributed by atoms with van der Waals surface area (Å²) < 4.78 is 2.08. The summed E-state index contributed by atoms with van der Waals surface area (Å²) in [6.45, 7) is 0.619. The van der Waals surface area contributed by atoms with E-state index in [4.69, 9.17) is 5.73 Å². The molecule has 0 spiro atoms. The quantitative estimate of drug-likeness (QED) is 0.887. The second-order valence-electron chi connectivity index (χ2n) is 4.16. The van der Waals surface area contributed by atoms with Crippen LogP contribution in [0, 0.1) is 0 Å². The standard InChI is InChI=1S/C14H14Br2N2/c15-12-3-1-2-10(6-12)11(8-17)7-14-5-4-13(16)9-18-14/h1-6,9,11H,7-8,17H2. The zero-order chi connectivity index (χ0) is 13.0. The molecule has 1 heterocycles. The van der Waals surface area contributed by atoms with Crippen LogP contribution in [0.2, 0.25) is 0 Å². The first-order chi connectivity index (χ1) is 8.69. The molecule has 2 rings (SSSR count). The van der Waals surface area contributed by atoms with Crippen LogP contribution in [0.15, 0.2) is 51.5 Å². The summed E-state index contributed by atoms with van der Waals surface area (Å²) in [5, 5.41) is 0. The Morgan fingerprint density at radius 1 is 1.11 bits per heavy atom. The van der Waals surface area contributed by atoms with Crippen molar-refractivity contribution >= 4 is 31.9 Å². The lowest BCUT2D eigenvalue weighted by Gasteiger charge is -2.15. The van der Waals surface area contributed by atoms with E-state index in [-0.39, 0.29) is 0 Å². The molecule has 2 aromatic rings.